The molecule has 170 valence electrons. The molecule has 0 aromatic heterocycles. The average Bonchev–Trinajstić information content (AvgIpc) is 3.14. The van der Waals surface area contributed by atoms with Crippen molar-refractivity contribution in [2.75, 3.05) is 6.54 Å². The molecule has 1 fully saturated rings. The molecule has 1 saturated heterocycles. The Morgan fingerprint density at radius 1 is 0.818 bits per heavy atom. The van der Waals surface area contributed by atoms with Gasteiger partial charge in [-0.15, -0.1) is 0 Å². The maximum absolute atomic E-state index is 14.3. The van der Waals surface area contributed by atoms with Crippen molar-refractivity contribution in [2.45, 2.75) is 42.0 Å². The van der Waals surface area contributed by atoms with Crippen LogP contribution in [0.5, 0.6) is 0 Å². The topological polar surface area (TPSA) is 37.4 Å². The highest BCUT2D eigenvalue weighted by molar-refractivity contribution is 7.93. The summed E-state index contributed by atoms with van der Waals surface area (Å²) >= 11 is 0. The highest BCUT2D eigenvalue weighted by Gasteiger charge is 2.60. The van der Waals surface area contributed by atoms with E-state index in [0.717, 1.165) is 13.0 Å². The third kappa shape index (κ3) is 4.07. The highest BCUT2D eigenvalue weighted by Crippen LogP contribution is 2.50. The molecule has 5 rings (SSSR count). The van der Waals surface area contributed by atoms with Crippen molar-refractivity contribution in [1.29, 1.82) is 0 Å². The maximum Gasteiger partial charge on any atom is 0.185 e. The summed E-state index contributed by atoms with van der Waals surface area (Å²) in [7, 11) is -3.54. The predicted octanol–water partition coefficient (Wildman–Crippen LogP) is 5.54. The Morgan fingerprint density at radius 3 is 2.03 bits per heavy atom. The lowest BCUT2D eigenvalue weighted by Crippen LogP contribution is -2.49. The third-order valence-corrected chi connectivity index (χ3v) is 9.91. The Morgan fingerprint density at radius 2 is 1.39 bits per heavy atom. The van der Waals surface area contributed by atoms with E-state index in [0.29, 0.717) is 17.9 Å². The number of allylic oxidation sites excluding steroid dienone is 1. The van der Waals surface area contributed by atoms with E-state index in [1.807, 2.05) is 30.3 Å². The van der Waals surface area contributed by atoms with Gasteiger partial charge in [-0.1, -0.05) is 97.9 Å². The summed E-state index contributed by atoms with van der Waals surface area (Å²) in [6.07, 6.45) is 5.94. The van der Waals surface area contributed by atoms with E-state index >= 15 is 0 Å². The standard InChI is InChI=1S/C29H31NO2S/c1-23-17-18-27-28(19-24-11-5-2-6-12-24)30(21-25-13-7-3-8-14-25)22-29(27,20-23)33(31,32)26-15-9-4-10-16-26/h2-18,23,27-28H,19-22H2,1H3/t23-,27+,28-,29+/m0/s1. The molecule has 1 aliphatic heterocycles. The van der Waals surface area contributed by atoms with Gasteiger partial charge in [0.15, 0.2) is 9.84 Å². The molecule has 0 spiro atoms. The van der Waals surface area contributed by atoms with Crippen molar-refractivity contribution in [3.63, 3.8) is 0 Å². The van der Waals surface area contributed by atoms with Crippen LogP contribution in [0.15, 0.2) is 108 Å². The third-order valence-electron chi connectivity index (χ3n) is 7.38. The lowest BCUT2D eigenvalue weighted by atomic mass is 9.77. The molecule has 3 aromatic rings. The van der Waals surface area contributed by atoms with E-state index in [4.69, 9.17) is 0 Å². The van der Waals surface area contributed by atoms with Crippen LogP contribution < -0.4 is 0 Å². The Labute approximate surface area is 197 Å². The van der Waals surface area contributed by atoms with Crippen LogP contribution in [0.1, 0.15) is 24.5 Å². The van der Waals surface area contributed by atoms with Crippen LogP contribution in [0.4, 0.5) is 0 Å². The van der Waals surface area contributed by atoms with Crippen LogP contribution in [0.25, 0.3) is 0 Å². The fourth-order valence-electron chi connectivity index (χ4n) is 5.88. The van der Waals surface area contributed by atoms with E-state index in [1.54, 1.807) is 12.1 Å². The second-order valence-corrected chi connectivity index (χ2v) is 11.9. The minimum absolute atomic E-state index is 0.0529. The zero-order valence-corrected chi connectivity index (χ0v) is 19.9. The van der Waals surface area contributed by atoms with Crippen molar-refractivity contribution in [1.82, 2.24) is 4.90 Å². The zero-order valence-electron chi connectivity index (χ0n) is 19.0. The summed E-state index contributed by atoms with van der Waals surface area (Å²) in [6.45, 7) is 3.44. The van der Waals surface area contributed by atoms with E-state index in [1.165, 1.54) is 11.1 Å². The summed E-state index contributed by atoms with van der Waals surface area (Å²) in [5.41, 5.74) is 2.47. The van der Waals surface area contributed by atoms with Gasteiger partial charge in [0.05, 0.1) is 9.64 Å². The predicted molar refractivity (Wildman–Crippen MR) is 134 cm³/mol. The molecule has 0 saturated carbocycles. The normalized spacial score (nSPS) is 27.4. The number of likely N-dealkylation sites (tertiary alicyclic amines) is 1. The number of benzene rings is 3. The van der Waals surface area contributed by atoms with Crippen molar-refractivity contribution >= 4 is 9.84 Å². The van der Waals surface area contributed by atoms with Gasteiger partial charge in [-0.05, 0) is 42.0 Å². The van der Waals surface area contributed by atoms with Crippen molar-refractivity contribution in [3.05, 3.63) is 114 Å². The first kappa shape index (κ1) is 22.1. The van der Waals surface area contributed by atoms with Gasteiger partial charge in [-0.3, -0.25) is 4.90 Å². The number of hydrogen-bond acceptors (Lipinski definition) is 3. The van der Waals surface area contributed by atoms with Crippen LogP contribution in [0.2, 0.25) is 0 Å². The second-order valence-electron chi connectivity index (χ2n) is 9.62. The quantitative estimate of drug-likeness (QED) is 0.456. The molecule has 0 N–H and O–H groups in total. The molecular weight excluding hydrogens is 426 g/mol. The minimum Gasteiger partial charge on any atom is -0.294 e. The molecule has 33 heavy (non-hydrogen) atoms. The van der Waals surface area contributed by atoms with Gasteiger partial charge in [0.25, 0.3) is 0 Å². The van der Waals surface area contributed by atoms with Gasteiger partial charge >= 0.3 is 0 Å². The van der Waals surface area contributed by atoms with Gasteiger partial charge in [0, 0.05) is 25.0 Å². The van der Waals surface area contributed by atoms with E-state index in [9.17, 15) is 8.42 Å². The summed E-state index contributed by atoms with van der Waals surface area (Å²) in [6, 6.07) is 30.1. The van der Waals surface area contributed by atoms with E-state index in [-0.39, 0.29) is 17.9 Å². The van der Waals surface area contributed by atoms with Crippen molar-refractivity contribution in [2.24, 2.45) is 11.8 Å². The van der Waals surface area contributed by atoms with Crippen molar-refractivity contribution in [3.8, 4) is 0 Å². The highest BCUT2D eigenvalue weighted by atomic mass is 32.2. The van der Waals surface area contributed by atoms with Crippen LogP contribution in [-0.4, -0.2) is 30.7 Å². The van der Waals surface area contributed by atoms with Crippen molar-refractivity contribution < 1.29 is 8.42 Å². The van der Waals surface area contributed by atoms with E-state index in [2.05, 4.69) is 72.5 Å². The maximum atomic E-state index is 14.3. The molecule has 0 radical (unpaired) electrons. The molecule has 1 aliphatic carbocycles. The minimum atomic E-state index is -3.54. The second kappa shape index (κ2) is 8.92. The Balaban J connectivity index is 1.60. The monoisotopic (exact) mass is 457 g/mol. The number of sulfone groups is 1. The molecular formula is C29H31NO2S. The lowest BCUT2D eigenvalue weighted by Gasteiger charge is -2.39. The summed E-state index contributed by atoms with van der Waals surface area (Å²) in [4.78, 5) is 2.87. The van der Waals surface area contributed by atoms with Gasteiger partial charge in [-0.25, -0.2) is 8.42 Å². The fraction of sp³-hybridized carbons (Fsp3) is 0.310. The molecule has 0 unspecified atom stereocenters. The Kier molecular flexibility index (Phi) is 5.98. The van der Waals surface area contributed by atoms with Gasteiger partial charge < -0.3 is 0 Å². The number of fused-ring (bicyclic) bond motifs is 1. The van der Waals surface area contributed by atoms with Crippen LogP contribution >= 0.6 is 0 Å². The first-order chi connectivity index (χ1) is 16.0. The molecule has 2 aliphatic rings. The Bertz CT molecular complexity index is 1210. The number of hydrogen-bond donors (Lipinski definition) is 0. The lowest BCUT2D eigenvalue weighted by molar-refractivity contribution is 0.228. The zero-order chi connectivity index (χ0) is 22.9. The molecule has 0 amide bonds. The van der Waals surface area contributed by atoms with E-state index < -0.39 is 14.6 Å². The first-order valence-corrected chi connectivity index (χ1v) is 13.3. The van der Waals surface area contributed by atoms with Crippen LogP contribution in [-0.2, 0) is 22.8 Å². The SMILES string of the molecule is C[C@H]1C=C[C@@H]2[C@H](Cc3ccccc3)N(Cc3ccccc3)C[C@]2(S(=O)(=O)c2ccccc2)C1. The largest absolute Gasteiger partial charge is 0.294 e. The number of nitrogens with zero attached hydrogens (tertiary/aromatic N) is 1. The summed E-state index contributed by atoms with van der Waals surface area (Å²) < 4.78 is 27.7. The summed E-state index contributed by atoms with van der Waals surface area (Å²) in [5.74, 6) is 0.177. The summed E-state index contributed by atoms with van der Waals surface area (Å²) in [5, 5.41) is 0. The van der Waals surface area contributed by atoms with Crippen LogP contribution in [0.3, 0.4) is 0 Å². The fourth-order valence-corrected chi connectivity index (χ4v) is 8.28. The van der Waals surface area contributed by atoms with Gasteiger partial charge in [0.1, 0.15) is 0 Å². The van der Waals surface area contributed by atoms with Gasteiger partial charge in [0.2, 0.25) is 0 Å². The molecule has 3 aromatic carbocycles. The van der Waals surface area contributed by atoms with Gasteiger partial charge in [-0.2, -0.15) is 0 Å². The first-order valence-electron chi connectivity index (χ1n) is 11.8. The molecule has 0 bridgehead atoms. The smallest absolute Gasteiger partial charge is 0.185 e. The number of rotatable bonds is 6. The molecule has 4 heteroatoms. The van der Waals surface area contributed by atoms with Crippen LogP contribution in [0, 0.1) is 11.8 Å². The molecule has 3 nitrogen and oxygen atoms in total. The Hall–Kier alpha value is -2.69. The average molecular weight is 458 g/mol. The molecule has 4 atom stereocenters. The molecule has 1 heterocycles.